The van der Waals surface area contributed by atoms with E-state index in [1.165, 1.54) is 0 Å². The second-order valence-electron chi connectivity index (χ2n) is 4.71. The summed E-state index contributed by atoms with van der Waals surface area (Å²) in [6.07, 6.45) is 2.23. The number of nitrogens with two attached hydrogens (primary N) is 1. The van der Waals surface area contributed by atoms with Gasteiger partial charge >= 0.3 is 0 Å². The molecule has 0 unspecified atom stereocenters. The molecule has 1 saturated carbocycles. The number of carbonyl (C=O) groups excluding carboxylic acids is 1. The number of fused-ring (bicyclic) bond motifs is 1. The summed E-state index contributed by atoms with van der Waals surface area (Å²) in [5, 5.41) is 0. The van der Waals surface area contributed by atoms with Crippen LogP contribution in [-0.2, 0) is 6.54 Å². The minimum atomic E-state index is 0.0780. The molecule has 4 nitrogen and oxygen atoms in total. The maximum absolute atomic E-state index is 12.4. The lowest BCUT2D eigenvalue weighted by atomic mass is 10.1. The van der Waals surface area contributed by atoms with E-state index in [1.54, 1.807) is 0 Å². The number of rotatable bonds is 3. The molecule has 0 aromatic heterocycles. The molecule has 1 aliphatic carbocycles. The predicted octanol–water partition coefficient (Wildman–Crippen LogP) is 2.03. The van der Waals surface area contributed by atoms with E-state index in [4.69, 9.17) is 17.3 Å². The van der Waals surface area contributed by atoms with Gasteiger partial charge in [0, 0.05) is 12.6 Å². The summed E-state index contributed by atoms with van der Waals surface area (Å²) in [7, 11) is 0. The Labute approximate surface area is 110 Å². The van der Waals surface area contributed by atoms with Crippen molar-refractivity contribution < 1.29 is 4.79 Å². The summed E-state index contributed by atoms with van der Waals surface area (Å²) < 4.78 is 0. The average molecular weight is 264 g/mol. The van der Waals surface area contributed by atoms with E-state index in [9.17, 15) is 4.79 Å². The summed E-state index contributed by atoms with van der Waals surface area (Å²) in [6, 6.07) is 6.12. The van der Waals surface area contributed by atoms with Gasteiger partial charge < -0.3 is 10.6 Å². The van der Waals surface area contributed by atoms with Gasteiger partial charge in [-0.05, 0) is 24.5 Å². The van der Waals surface area contributed by atoms with Gasteiger partial charge in [0.2, 0.25) is 0 Å². The molecule has 18 heavy (non-hydrogen) atoms. The molecule has 1 aliphatic heterocycles. The summed E-state index contributed by atoms with van der Waals surface area (Å²) in [5.74, 6) is 0.585. The summed E-state index contributed by atoms with van der Waals surface area (Å²) >= 11 is 5.63. The van der Waals surface area contributed by atoms with Crippen LogP contribution in [0.2, 0.25) is 0 Å². The second-order valence-corrected chi connectivity index (χ2v) is 4.98. The zero-order valence-electron chi connectivity index (χ0n) is 9.90. The Morgan fingerprint density at radius 2 is 2.28 bits per heavy atom. The molecular formula is C13H14ClN3O. The molecule has 1 aromatic carbocycles. The van der Waals surface area contributed by atoms with Crippen LogP contribution in [0.4, 0.5) is 5.69 Å². The number of benzene rings is 1. The van der Waals surface area contributed by atoms with Crippen molar-refractivity contribution in [1.82, 2.24) is 4.90 Å². The molecule has 94 valence electrons. The molecule has 0 spiro atoms. The van der Waals surface area contributed by atoms with E-state index in [1.807, 2.05) is 23.1 Å². The minimum absolute atomic E-state index is 0.0780. The van der Waals surface area contributed by atoms with E-state index in [-0.39, 0.29) is 11.8 Å². The quantitative estimate of drug-likeness (QED) is 0.515. The number of amides is 1. The first kappa shape index (κ1) is 11.5. The number of alkyl halides is 1. The van der Waals surface area contributed by atoms with Crippen LogP contribution in [0.1, 0.15) is 28.8 Å². The van der Waals surface area contributed by atoms with Gasteiger partial charge in [-0.1, -0.05) is 12.1 Å². The molecule has 1 heterocycles. The van der Waals surface area contributed by atoms with Gasteiger partial charge in [-0.25, -0.2) is 4.99 Å². The van der Waals surface area contributed by atoms with Crippen molar-refractivity contribution in [1.29, 1.82) is 0 Å². The van der Waals surface area contributed by atoms with Crippen LogP contribution >= 0.6 is 11.6 Å². The van der Waals surface area contributed by atoms with Crippen molar-refractivity contribution in [2.45, 2.75) is 25.4 Å². The fraction of sp³-hybridized carbons (Fsp3) is 0.385. The normalized spacial score (nSPS) is 19.3. The number of amidine groups is 1. The molecule has 0 atom stereocenters. The first-order valence-electron chi connectivity index (χ1n) is 6.02. The predicted molar refractivity (Wildman–Crippen MR) is 71.3 cm³/mol. The van der Waals surface area contributed by atoms with Crippen LogP contribution in [0.3, 0.4) is 0 Å². The fourth-order valence-electron chi connectivity index (χ4n) is 2.32. The number of aliphatic imine (C=N–C) groups is 1. The van der Waals surface area contributed by atoms with Crippen molar-refractivity contribution in [2.75, 3.05) is 5.88 Å². The summed E-state index contributed by atoms with van der Waals surface area (Å²) in [5.41, 5.74) is 8.01. The Kier molecular flexibility index (Phi) is 2.74. The first-order valence-corrected chi connectivity index (χ1v) is 6.56. The van der Waals surface area contributed by atoms with Crippen molar-refractivity contribution >= 4 is 29.0 Å². The van der Waals surface area contributed by atoms with E-state index in [2.05, 4.69) is 4.99 Å². The van der Waals surface area contributed by atoms with Crippen molar-refractivity contribution in [3.8, 4) is 0 Å². The zero-order valence-corrected chi connectivity index (χ0v) is 10.7. The number of carbonyl (C=O) groups is 1. The van der Waals surface area contributed by atoms with Gasteiger partial charge in [-0.15, -0.1) is 11.6 Å². The third kappa shape index (κ3) is 1.86. The Balaban J connectivity index is 2.01. The van der Waals surface area contributed by atoms with Gasteiger partial charge in [0.25, 0.3) is 5.91 Å². The van der Waals surface area contributed by atoms with Gasteiger partial charge in [0.15, 0.2) is 0 Å². The van der Waals surface area contributed by atoms with E-state index in [0.29, 0.717) is 29.7 Å². The van der Waals surface area contributed by atoms with Crippen molar-refractivity contribution in [3.05, 3.63) is 29.3 Å². The summed E-state index contributed by atoms with van der Waals surface area (Å²) in [4.78, 5) is 18.5. The molecule has 2 aliphatic rings. The van der Waals surface area contributed by atoms with E-state index < -0.39 is 0 Å². The second kappa shape index (κ2) is 4.28. The highest BCUT2D eigenvalue weighted by atomic mass is 35.5. The van der Waals surface area contributed by atoms with Gasteiger partial charge in [0.05, 0.1) is 17.1 Å². The largest absolute Gasteiger partial charge is 0.386 e. The van der Waals surface area contributed by atoms with E-state index in [0.717, 1.165) is 18.4 Å². The standard InChI is InChI=1S/C13H14ClN3O/c14-6-11(15)16-10-3-1-2-8-7-17(9-4-5-9)13(18)12(8)10/h1-3,9H,4-7H2,(H2,15,16). The SMILES string of the molecule is NC(CCl)=Nc1cccc2c1C(=O)N(C1CC1)C2. The molecule has 1 fully saturated rings. The first-order chi connectivity index (χ1) is 8.70. The molecule has 3 rings (SSSR count). The number of hydrogen-bond donors (Lipinski definition) is 1. The monoisotopic (exact) mass is 263 g/mol. The maximum Gasteiger partial charge on any atom is 0.256 e. The Bertz CT molecular complexity index is 537. The number of halogens is 1. The molecule has 0 saturated heterocycles. The lowest BCUT2D eigenvalue weighted by molar-refractivity contribution is 0.0767. The zero-order chi connectivity index (χ0) is 12.7. The minimum Gasteiger partial charge on any atom is -0.386 e. The highest BCUT2D eigenvalue weighted by Gasteiger charge is 2.39. The summed E-state index contributed by atoms with van der Waals surface area (Å²) in [6.45, 7) is 0.697. The van der Waals surface area contributed by atoms with Crippen LogP contribution in [-0.4, -0.2) is 28.6 Å². The topological polar surface area (TPSA) is 58.7 Å². The Morgan fingerprint density at radius 1 is 1.50 bits per heavy atom. The lowest BCUT2D eigenvalue weighted by Gasteiger charge is -2.13. The van der Waals surface area contributed by atoms with Crippen LogP contribution in [0.5, 0.6) is 0 Å². The number of hydrogen-bond acceptors (Lipinski definition) is 2. The fourth-order valence-corrected chi connectivity index (χ4v) is 2.38. The lowest BCUT2D eigenvalue weighted by Crippen LogP contribution is -2.26. The van der Waals surface area contributed by atoms with Crippen LogP contribution < -0.4 is 5.73 Å². The van der Waals surface area contributed by atoms with Gasteiger partial charge in [0.1, 0.15) is 5.84 Å². The highest BCUT2D eigenvalue weighted by molar-refractivity contribution is 6.28. The Hall–Kier alpha value is -1.55. The molecule has 0 bridgehead atoms. The van der Waals surface area contributed by atoms with Gasteiger partial charge in [-0.2, -0.15) is 0 Å². The Morgan fingerprint density at radius 3 is 2.94 bits per heavy atom. The third-order valence-electron chi connectivity index (χ3n) is 3.33. The average Bonchev–Trinajstić information content (AvgIpc) is 3.15. The molecular weight excluding hydrogens is 250 g/mol. The van der Waals surface area contributed by atoms with Crippen LogP contribution in [0, 0.1) is 0 Å². The molecule has 0 radical (unpaired) electrons. The van der Waals surface area contributed by atoms with Crippen LogP contribution in [0.15, 0.2) is 23.2 Å². The van der Waals surface area contributed by atoms with Crippen molar-refractivity contribution in [2.24, 2.45) is 10.7 Å². The highest BCUT2D eigenvalue weighted by Crippen LogP contribution is 2.37. The van der Waals surface area contributed by atoms with Gasteiger partial charge in [-0.3, -0.25) is 4.79 Å². The van der Waals surface area contributed by atoms with Crippen molar-refractivity contribution in [3.63, 3.8) is 0 Å². The van der Waals surface area contributed by atoms with E-state index >= 15 is 0 Å². The molecule has 2 N–H and O–H groups in total. The van der Waals surface area contributed by atoms with Crippen LogP contribution in [0.25, 0.3) is 0 Å². The smallest absolute Gasteiger partial charge is 0.256 e. The maximum atomic E-state index is 12.4. The number of nitrogens with zero attached hydrogens (tertiary/aromatic N) is 2. The molecule has 5 heteroatoms. The third-order valence-corrected chi connectivity index (χ3v) is 3.61. The molecule has 1 amide bonds. The molecule has 1 aromatic rings.